The fourth-order valence-corrected chi connectivity index (χ4v) is 4.37. The number of carbonyl (C=O) groups excluding carboxylic acids is 1. The van der Waals surface area contributed by atoms with Gasteiger partial charge in [-0.15, -0.1) is 16.8 Å². The molecule has 0 N–H and O–H groups in total. The number of benzene rings is 2. The van der Waals surface area contributed by atoms with E-state index in [0.717, 1.165) is 16.9 Å². The summed E-state index contributed by atoms with van der Waals surface area (Å²) in [5.74, 6) is 2.35. The Kier molecular flexibility index (Phi) is 8.40. The number of thioether (sulfide) groups is 1. The Labute approximate surface area is 209 Å². The first-order chi connectivity index (χ1) is 17.2. The van der Waals surface area contributed by atoms with Gasteiger partial charge in [-0.1, -0.05) is 60.3 Å². The number of furan rings is 1. The van der Waals surface area contributed by atoms with Crippen molar-refractivity contribution in [3.63, 3.8) is 0 Å². The summed E-state index contributed by atoms with van der Waals surface area (Å²) in [5.41, 5.74) is 2.17. The molecule has 0 bridgehead atoms. The highest BCUT2D eigenvalue weighted by Gasteiger charge is 2.18. The lowest BCUT2D eigenvalue weighted by atomic mass is 10.2. The van der Waals surface area contributed by atoms with Gasteiger partial charge in [0.05, 0.1) is 12.0 Å². The monoisotopic (exact) mass is 488 g/mol. The van der Waals surface area contributed by atoms with Gasteiger partial charge in [-0.2, -0.15) is 0 Å². The number of amides is 1. The maximum Gasteiger partial charge on any atom is 0.233 e. The van der Waals surface area contributed by atoms with Crippen LogP contribution in [-0.4, -0.2) is 37.9 Å². The van der Waals surface area contributed by atoms with Crippen LogP contribution in [0.4, 0.5) is 0 Å². The van der Waals surface area contributed by atoms with Crippen LogP contribution in [0.25, 0.3) is 11.6 Å². The fourth-order valence-electron chi connectivity index (χ4n) is 3.52. The van der Waals surface area contributed by atoms with Gasteiger partial charge in [0.1, 0.15) is 12.4 Å². The van der Waals surface area contributed by atoms with Crippen molar-refractivity contribution in [2.24, 2.45) is 0 Å². The molecule has 0 radical (unpaired) electrons. The number of carbonyl (C=O) groups is 1. The molecule has 0 fully saturated rings. The van der Waals surface area contributed by atoms with Gasteiger partial charge in [-0.05, 0) is 42.3 Å². The first-order valence-electron chi connectivity index (χ1n) is 11.4. The lowest BCUT2D eigenvalue weighted by molar-refractivity contribution is -0.128. The van der Waals surface area contributed by atoms with Crippen molar-refractivity contribution in [1.82, 2.24) is 19.7 Å². The molecule has 7 nitrogen and oxygen atoms in total. The first-order valence-corrected chi connectivity index (χ1v) is 12.4. The topological polar surface area (TPSA) is 73.4 Å². The zero-order valence-corrected chi connectivity index (χ0v) is 20.5. The number of rotatable bonds is 12. The van der Waals surface area contributed by atoms with E-state index >= 15 is 0 Å². The summed E-state index contributed by atoms with van der Waals surface area (Å²) < 4.78 is 13.2. The molecule has 4 aromatic rings. The largest absolute Gasteiger partial charge is 0.489 e. The van der Waals surface area contributed by atoms with Crippen LogP contribution >= 0.6 is 11.8 Å². The molecule has 35 heavy (non-hydrogen) atoms. The van der Waals surface area contributed by atoms with Gasteiger partial charge in [0, 0.05) is 19.6 Å². The molecule has 0 spiro atoms. The normalized spacial score (nSPS) is 10.8. The van der Waals surface area contributed by atoms with Crippen molar-refractivity contribution >= 4 is 17.7 Å². The highest BCUT2D eigenvalue weighted by atomic mass is 32.2. The molecule has 0 unspecified atom stereocenters. The predicted molar refractivity (Wildman–Crippen MR) is 137 cm³/mol. The standard InChI is InChI=1S/C27H28N4O3S/c1-3-16-31-26(24-11-8-17-33-24)28-29-27(31)35-20-25(32)30(4-2)18-21-12-14-23(15-13-21)34-19-22-9-6-5-7-10-22/h3,5-15,17H,1,4,16,18-20H2,2H3. The Morgan fingerprint density at radius 2 is 1.89 bits per heavy atom. The van der Waals surface area contributed by atoms with E-state index in [1.807, 2.05) is 77.1 Å². The number of aromatic nitrogens is 3. The van der Waals surface area contributed by atoms with Crippen LogP contribution in [0.2, 0.25) is 0 Å². The van der Waals surface area contributed by atoms with Crippen molar-refractivity contribution < 1.29 is 13.9 Å². The molecular formula is C27H28N4O3S. The van der Waals surface area contributed by atoms with Gasteiger partial charge in [-0.3, -0.25) is 9.36 Å². The van der Waals surface area contributed by atoms with Crippen molar-refractivity contribution in [2.45, 2.75) is 31.8 Å². The minimum Gasteiger partial charge on any atom is -0.489 e. The summed E-state index contributed by atoms with van der Waals surface area (Å²) in [6.45, 7) is 7.99. The number of ether oxygens (including phenoxy) is 1. The minimum atomic E-state index is 0.0367. The van der Waals surface area contributed by atoms with Gasteiger partial charge in [0.25, 0.3) is 0 Å². The Bertz CT molecular complexity index is 1220. The van der Waals surface area contributed by atoms with E-state index in [1.54, 1.807) is 18.4 Å². The molecule has 0 aliphatic heterocycles. The molecule has 0 aliphatic carbocycles. The van der Waals surface area contributed by atoms with Crippen molar-refractivity contribution in [2.75, 3.05) is 12.3 Å². The number of nitrogens with zero attached hydrogens (tertiary/aromatic N) is 4. The molecule has 0 saturated heterocycles. The molecule has 2 aromatic heterocycles. The van der Waals surface area contributed by atoms with E-state index in [4.69, 9.17) is 9.15 Å². The average Bonchev–Trinajstić information content (AvgIpc) is 3.56. The molecule has 2 aromatic carbocycles. The quantitative estimate of drug-likeness (QED) is 0.195. The molecule has 8 heteroatoms. The summed E-state index contributed by atoms with van der Waals surface area (Å²) in [6.07, 6.45) is 3.37. The first kappa shape index (κ1) is 24.3. The van der Waals surface area contributed by atoms with Gasteiger partial charge in [0.2, 0.25) is 11.7 Å². The molecule has 4 rings (SSSR count). The van der Waals surface area contributed by atoms with Gasteiger partial charge >= 0.3 is 0 Å². The smallest absolute Gasteiger partial charge is 0.233 e. The van der Waals surface area contributed by atoms with Crippen LogP contribution in [0, 0.1) is 0 Å². The summed E-state index contributed by atoms with van der Waals surface area (Å²) in [6, 6.07) is 21.6. The number of hydrogen-bond acceptors (Lipinski definition) is 6. The highest BCUT2D eigenvalue weighted by molar-refractivity contribution is 7.99. The third kappa shape index (κ3) is 6.42. The zero-order chi connectivity index (χ0) is 24.5. The molecule has 2 heterocycles. The molecule has 0 saturated carbocycles. The Hall–Kier alpha value is -3.78. The second-order valence-corrected chi connectivity index (χ2v) is 8.74. The fraction of sp³-hybridized carbons (Fsp3) is 0.222. The Morgan fingerprint density at radius 3 is 2.57 bits per heavy atom. The van der Waals surface area contributed by atoms with E-state index < -0.39 is 0 Å². The van der Waals surface area contributed by atoms with Gasteiger partial charge in [-0.25, -0.2) is 0 Å². The second kappa shape index (κ2) is 12.1. The third-order valence-electron chi connectivity index (χ3n) is 5.37. The predicted octanol–water partition coefficient (Wildman–Crippen LogP) is 5.44. The summed E-state index contributed by atoms with van der Waals surface area (Å²) >= 11 is 1.36. The van der Waals surface area contributed by atoms with E-state index in [-0.39, 0.29) is 11.7 Å². The summed E-state index contributed by atoms with van der Waals surface area (Å²) in [7, 11) is 0. The lowest BCUT2D eigenvalue weighted by Gasteiger charge is -2.21. The summed E-state index contributed by atoms with van der Waals surface area (Å²) in [4.78, 5) is 14.8. The second-order valence-electron chi connectivity index (χ2n) is 7.80. The average molecular weight is 489 g/mol. The van der Waals surface area contributed by atoms with Crippen LogP contribution in [-0.2, 0) is 24.5 Å². The van der Waals surface area contributed by atoms with Crippen LogP contribution < -0.4 is 4.74 Å². The third-order valence-corrected chi connectivity index (χ3v) is 6.33. The number of hydrogen-bond donors (Lipinski definition) is 0. The molecule has 1 amide bonds. The SMILES string of the molecule is C=CCn1c(SCC(=O)N(CC)Cc2ccc(OCc3ccccc3)cc2)nnc1-c1ccco1. The van der Waals surface area contributed by atoms with E-state index in [0.29, 0.717) is 43.0 Å². The van der Waals surface area contributed by atoms with Crippen molar-refractivity contribution in [1.29, 1.82) is 0 Å². The maximum absolute atomic E-state index is 13.0. The van der Waals surface area contributed by atoms with E-state index in [2.05, 4.69) is 16.8 Å². The minimum absolute atomic E-state index is 0.0367. The van der Waals surface area contributed by atoms with E-state index in [1.165, 1.54) is 11.8 Å². The van der Waals surface area contributed by atoms with E-state index in [9.17, 15) is 4.79 Å². The van der Waals surface area contributed by atoms with Gasteiger partial charge in [0.15, 0.2) is 10.9 Å². The lowest BCUT2D eigenvalue weighted by Crippen LogP contribution is -2.31. The number of allylic oxidation sites excluding steroid dienone is 1. The van der Waals surface area contributed by atoms with Crippen LogP contribution in [0.1, 0.15) is 18.1 Å². The van der Waals surface area contributed by atoms with Crippen molar-refractivity contribution in [3.8, 4) is 17.3 Å². The maximum atomic E-state index is 13.0. The Balaban J connectivity index is 1.33. The Morgan fingerprint density at radius 1 is 1.09 bits per heavy atom. The van der Waals surface area contributed by atoms with Crippen LogP contribution in [0.3, 0.4) is 0 Å². The van der Waals surface area contributed by atoms with Crippen LogP contribution in [0.15, 0.2) is 95.2 Å². The summed E-state index contributed by atoms with van der Waals surface area (Å²) in [5, 5.41) is 9.16. The highest BCUT2D eigenvalue weighted by Crippen LogP contribution is 2.25. The van der Waals surface area contributed by atoms with Gasteiger partial charge < -0.3 is 14.1 Å². The van der Waals surface area contributed by atoms with Crippen molar-refractivity contribution in [3.05, 3.63) is 96.8 Å². The molecule has 0 aliphatic rings. The molecular weight excluding hydrogens is 460 g/mol. The zero-order valence-electron chi connectivity index (χ0n) is 19.7. The molecule has 0 atom stereocenters. The molecule has 180 valence electrons. The van der Waals surface area contributed by atoms with Crippen LogP contribution in [0.5, 0.6) is 5.75 Å².